The minimum atomic E-state index is -0.933. The number of imidazole rings is 2. The molecule has 0 saturated carbocycles. The highest BCUT2D eigenvalue weighted by Gasteiger charge is 2.22. The number of nitro groups is 1. The van der Waals surface area contributed by atoms with Crippen LogP contribution in [0.1, 0.15) is 19.3 Å². The molecule has 0 radical (unpaired) electrons. The van der Waals surface area contributed by atoms with E-state index in [4.69, 9.17) is 16.6 Å². The minimum absolute atomic E-state index is 0.196. The van der Waals surface area contributed by atoms with Crippen LogP contribution in [-0.4, -0.2) is 58.1 Å². The van der Waals surface area contributed by atoms with Crippen molar-refractivity contribution < 1.29 is 14.8 Å². The van der Waals surface area contributed by atoms with Gasteiger partial charge in [-0.15, -0.1) is 0 Å². The van der Waals surface area contributed by atoms with Crippen LogP contribution in [0.4, 0.5) is 5.82 Å². The molecule has 0 bridgehead atoms. The summed E-state index contributed by atoms with van der Waals surface area (Å²) in [5.74, 6) is -1.13. The maximum Gasteiger partial charge on any atom is 0.396 e. The molecule has 3 aromatic rings. The Balaban J connectivity index is 0.000000257. The van der Waals surface area contributed by atoms with Crippen LogP contribution in [0.5, 0.6) is 0 Å². The molecule has 0 fully saturated rings. The lowest BCUT2D eigenvalue weighted by atomic mass is 10.1. The van der Waals surface area contributed by atoms with Gasteiger partial charge in [-0.05, 0) is 41.1 Å². The molecule has 0 spiro atoms. The van der Waals surface area contributed by atoms with Crippen molar-refractivity contribution in [1.29, 1.82) is 0 Å². The summed E-state index contributed by atoms with van der Waals surface area (Å²) in [6, 6.07) is -0.716. The number of fused-ring (bicyclic) bond motifs is 1. The number of aryl methyl sites for hydroxylation is 1. The molecule has 0 amide bonds. The third-order valence-corrected chi connectivity index (χ3v) is 4.87. The number of carbonyl (C=O) groups is 1. The van der Waals surface area contributed by atoms with Crippen molar-refractivity contribution in [2.24, 2.45) is 18.5 Å². The van der Waals surface area contributed by atoms with Gasteiger partial charge in [0.15, 0.2) is 10.7 Å². The number of nitrogens with one attached hydrogen (secondary N) is 1. The van der Waals surface area contributed by atoms with E-state index in [2.05, 4.69) is 24.9 Å². The summed E-state index contributed by atoms with van der Waals surface area (Å²) >= 11 is 1.15. The van der Waals surface area contributed by atoms with Gasteiger partial charge in [0.05, 0.1) is 6.33 Å². The largest absolute Gasteiger partial charge is 0.480 e. The fourth-order valence-electron chi connectivity index (χ4n) is 2.19. The quantitative estimate of drug-likeness (QED) is 0.171. The first kappa shape index (κ1) is 22.2. The number of unbranched alkanes of at least 4 members (excludes halogenated alkanes) is 1. The maximum absolute atomic E-state index is 10.9. The number of nitrogens with zero attached hydrogens (tertiary/aromatic N) is 6. The number of H-pyrrole nitrogens is 1. The predicted octanol–water partition coefficient (Wildman–Crippen LogP) is 0.673. The molecule has 6 N–H and O–H groups in total. The van der Waals surface area contributed by atoms with E-state index < -0.39 is 16.9 Å². The zero-order chi connectivity index (χ0) is 21.4. The predicted molar refractivity (Wildman–Crippen MR) is 104 cm³/mol. The SMILES string of the molecule is Cn1cnc([N+](=O)[O-])c1Sc1ncnc2nc[nH]c12.NCCCCC(N)C(=O)O. The average Bonchev–Trinajstić information content (AvgIpc) is 3.30. The van der Waals surface area contributed by atoms with E-state index in [-0.39, 0.29) is 5.82 Å². The maximum atomic E-state index is 10.9. The Morgan fingerprint density at radius 1 is 1.38 bits per heavy atom. The van der Waals surface area contributed by atoms with Crippen molar-refractivity contribution in [3.05, 3.63) is 29.1 Å². The van der Waals surface area contributed by atoms with Gasteiger partial charge in [0.2, 0.25) is 6.33 Å². The fraction of sp³-hybridized carbons (Fsp3) is 0.400. The van der Waals surface area contributed by atoms with Crippen LogP contribution in [0.2, 0.25) is 0 Å². The summed E-state index contributed by atoms with van der Waals surface area (Å²) in [7, 11) is 1.69. The Labute approximate surface area is 169 Å². The highest BCUT2D eigenvalue weighted by molar-refractivity contribution is 7.99. The topological polar surface area (TPSA) is 205 Å². The summed E-state index contributed by atoms with van der Waals surface area (Å²) in [6.07, 6.45) is 6.43. The Kier molecular flexibility index (Phi) is 7.99. The van der Waals surface area contributed by atoms with Crippen LogP contribution in [0, 0.1) is 10.1 Å². The first-order valence-electron chi connectivity index (χ1n) is 8.51. The Hall–Kier alpha value is -3.10. The van der Waals surface area contributed by atoms with E-state index in [9.17, 15) is 14.9 Å². The lowest BCUT2D eigenvalue weighted by molar-refractivity contribution is -0.392. The van der Waals surface area contributed by atoms with Gasteiger partial charge >= 0.3 is 11.8 Å². The van der Waals surface area contributed by atoms with Gasteiger partial charge in [-0.25, -0.2) is 15.0 Å². The number of nitrogens with two attached hydrogens (primary N) is 2. The van der Waals surface area contributed by atoms with Gasteiger partial charge < -0.3 is 36.2 Å². The molecule has 3 heterocycles. The lowest BCUT2D eigenvalue weighted by Gasteiger charge is -2.03. The minimum Gasteiger partial charge on any atom is -0.480 e. The number of aliphatic carboxylic acids is 1. The smallest absolute Gasteiger partial charge is 0.396 e. The molecule has 0 saturated heterocycles. The molecule has 3 rings (SSSR count). The second-order valence-corrected chi connectivity index (χ2v) is 6.83. The molecule has 29 heavy (non-hydrogen) atoms. The molecular weight excluding hydrogens is 402 g/mol. The molecule has 156 valence electrons. The number of hydrogen-bond acceptors (Lipinski definition) is 10. The number of rotatable bonds is 8. The fourth-order valence-corrected chi connectivity index (χ4v) is 3.14. The van der Waals surface area contributed by atoms with Crippen LogP contribution in [0.15, 0.2) is 29.0 Å². The number of carboxylic acid groups (broad SMARTS) is 1. The van der Waals surface area contributed by atoms with Crippen LogP contribution in [-0.2, 0) is 11.8 Å². The standard InChI is InChI=1S/C9H7N7O2S.C6H14N2O2/c1-15-4-14-7(16(17)18)9(15)19-8-5-6(11-2-10-5)12-3-13-8;7-4-2-1-3-5(8)6(9)10/h2-4H,1H3,(H,10,11,12,13);5H,1-4,7-8H2,(H,9,10). The van der Waals surface area contributed by atoms with Gasteiger partial charge in [-0.1, -0.05) is 6.42 Å². The van der Waals surface area contributed by atoms with Gasteiger partial charge in [0.1, 0.15) is 22.9 Å². The van der Waals surface area contributed by atoms with Crippen molar-refractivity contribution >= 4 is 34.7 Å². The van der Waals surface area contributed by atoms with Gasteiger partial charge in [-0.2, -0.15) is 0 Å². The second kappa shape index (κ2) is 10.4. The molecule has 14 heteroatoms. The summed E-state index contributed by atoms with van der Waals surface area (Å²) in [6.45, 7) is 0.604. The van der Waals surface area contributed by atoms with Crippen molar-refractivity contribution in [1.82, 2.24) is 29.5 Å². The molecular formula is C15H21N9O4S. The van der Waals surface area contributed by atoms with Crippen molar-refractivity contribution in [2.75, 3.05) is 6.54 Å². The van der Waals surface area contributed by atoms with Crippen LogP contribution >= 0.6 is 11.8 Å². The normalized spacial score (nSPS) is 11.7. The summed E-state index contributed by atoms with van der Waals surface area (Å²) in [5, 5.41) is 20.2. The van der Waals surface area contributed by atoms with Crippen molar-refractivity contribution in [3.8, 4) is 0 Å². The van der Waals surface area contributed by atoms with Crippen LogP contribution < -0.4 is 11.5 Å². The molecule has 1 atom stereocenters. The van der Waals surface area contributed by atoms with E-state index in [0.717, 1.165) is 24.6 Å². The lowest BCUT2D eigenvalue weighted by Crippen LogP contribution is -2.29. The van der Waals surface area contributed by atoms with E-state index in [1.54, 1.807) is 11.6 Å². The van der Waals surface area contributed by atoms with E-state index in [1.807, 2.05) is 0 Å². The molecule has 13 nitrogen and oxygen atoms in total. The highest BCUT2D eigenvalue weighted by atomic mass is 32.2. The highest BCUT2D eigenvalue weighted by Crippen LogP contribution is 2.34. The van der Waals surface area contributed by atoms with Crippen LogP contribution in [0.25, 0.3) is 11.2 Å². The first-order valence-corrected chi connectivity index (χ1v) is 9.32. The van der Waals surface area contributed by atoms with Gasteiger partial charge in [-0.3, -0.25) is 4.79 Å². The van der Waals surface area contributed by atoms with E-state index in [0.29, 0.717) is 34.2 Å². The first-order chi connectivity index (χ1) is 13.8. The number of aromatic nitrogens is 6. The van der Waals surface area contributed by atoms with Crippen molar-refractivity contribution in [2.45, 2.75) is 35.4 Å². The summed E-state index contributed by atoms with van der Waals surface area (Å²) < 4.78 is 1.58. The third kappa shape index (κ3) is 5.94. The zero-order valence-corrected chi connectivity index (χ0v) is 16.4. The summed E-state index contributed by atoms with van der Waals surface area (Å²) in [4.78, 5) is 39.3. The number of hydrogen-bond donors (Lipinski definition) is 4. The number of aromatic amines is 1. The molecule has 1 unspecified atom stereocenters. The average molecular weight is 423 g/mol. The van der Waals surface area contributed by atoms with Crippen molar-refractivity contribution in [3.63, 3.8) is 0 Å². The Morgan fingerprint density at radius 2 is 2.14 bits per heavy atom. The molecule has 0 aromatic carbocycles. The van der Waals surface area contributed by atoms with E-state index in [1.165, 1.54) is 19.0 Å². The Bertz CT molecular complexity index is 974. The molecule has 0 aliphatic carbocycles. The monoisotopic (exact) mass is 423 g/mol. The third-order valence-electron chi connectivity index (χ3n) is 3.71. The van der Waals surface area contributed by atoms with Gasteiger partial charge in [0, 0.05) is 7.05 Å². The zero-order valence-electron chi connectivity index (χ0n) is 15.6. The van der Waals surface area contributed by atoms with Gasteiger partial charge in [0.25, 0.3) is 0 Å². The summed E-state index contributed by atoms with van der Waals surface area (Å²) in [5.41, 5.74) is 11.6. The second-order valence-electron chi connectivity index (χ2n) is 5.85. The van der Waals surface area contributed by atoms with E-state index >= 15 is 0 Å². The Morgan fingerprint density at radius 3 is 2.79 bits per heavy atom. The molecule has 0 aliphatic rings. The molecule has 0 aliphatic heterocycles. The van der Waals surface area contributed by atoms with Crippen LogP contribution in [0.3, 0.4) is 0 Å². The number of carboxylic acids is 1. The molecule has 3 aromatic heterocycles.